The second kappa shape index (κ2) is 4.61. The quantitative estimate of drug-likeness (QED) is 0.864. The third-order valence-corrected chi connectivity index (χ3v) is 6.00. The molecule has 0 aliphatic rings. The molecule has 2 aromatic heterocycles. The second-order valence-corrected chi connectivity index (χ2v) is 7.68. The Morgan fingerprint density at radius 3 is 2.25 bits per heavy atom. The Balaban J connectivity index is 2.38. The summed E-state index contributed by atoms with van der Waals surface area (Å²) in [7, 11) is 0. The zero-order valence-corrected chi connectivity index (χ0v) is 12.7. The Morgan fingerprint density at radius 1 is 1.12 bits per heavy atom. The van der Waals surface area contributed by atoms with Gasteiger partial charge in [-0.3, -0.25) is 0 Å². The van der Waals surface area contributed by atoms with E-state index in [1.54, 1.807) is 22.7 Å². The van der Waals surface area contributed by atoms with Crippen molar-refractivity contribution in [2.75, 3.05) is 0 Å². The molecule has 2 rings (SSSR count). The molecule has 2 heterocycles. The summed E-state index contributed by atoms with van der Waals surface area (Å²) < 4.78 is 1.18. The molecule has 1 atom stereocenters. The van der Waals surface area contributed by atoms with Crippen molar-refractivity contribution in [1.29, 1.82) is 0 Å². The molecule has 0 radical (unpaired) electrons. The standard InChI is InChI=1S/C12H14BrNS2/c1-6-4-8(3)15-11(6)10(14)9-5-7(2)12(13)16-9/h4-5,10H,14H2,1-3H3. The summed E-state index contributed by atoms with van der Waals surface area (Å²) in [5.74, 6) is 0. The van der Waals surface area contributed by atoms with Crippen molar-refractivity contribution >= 4 is 38.6 Å². The van der Waals surface area contributed by atoms with Crippen molar-refractivity contribution < 1.29 is 0 Å². The minimum absolute atomic E-state index is 0.0219. The maximum absolute atomic E-state index is 6.31. The van der Waals surface area contributed by atoms with Gasteiger partial charge < -0.3 is 5.73 Å². The molecule has 4 heteroatoms. The Bertz CT molecular complexity index is 494. The summed E-state index contributed by atoms with van der Waals surface area (Å²) in [5, 5.41) is 0. The van der Waals surface area contributed by atoms with E-state index < -0.39 is 0 Å². The van der Waals surface area contributed by atoms with E-state index in [0.717, 1.165) is 0 Å². The molecule has 0 bridgehead atoms. The fourth-order valence-electron chi connectivity index (χ4n) is 1.73. The van der Waals surface area contributed by atoms with Crippen molar-refractivity contribution in [2.24, 2.45) is 5.73 Å². The van der Waals surface area contributed by atoms with E-state index in [1.807, 2.05) is 0 Å². The molecule has 0 aliphatic carbocycles. The van der Waals surface area contributed by atoms with Gasteiger partial charge >= 0.3 is 0 Å². The molecule has 1 nitrogen and oxygen atoms in total. The third kappa shape index (κ3) is 2.25. The summed E-state index contributed by atoms with van der Waals surface area (Å²) in [6.07, 6.45) is 0. The van der Waals surface area contributed by atoms with E-state index in [0.29, 0.717) is 0 Å². The molecule has 0 aliphatic heterocycles. The maximum atomic E-state index is 6.31. The Hall–Kier alpha value is -0.160. The van der Waals surface area contributed by atoms with Gasteiger partial charge in [-0.1, -0.05) is 0 Å². The van der Waals surface area contributed by atoms with E-state index in [-0.39, 0.29) is 6.04 Å². The van der Waals surface area contributed by atoms with E-state index in [2.05, 4.69) is 48.8 Å². The second-order valence-electron chi connectivity index (χ2n) is 3.99. The van der Waals surface area contributed by atoms with Crippen molar-refractivity contribution in [2.45, 2.75) is 26.8 Å². The van der Waals surface area contributed by atoms with E-state index in [1.165, 1.54) is 29.5 Å². The fourth-order valence-corrected chi connectivity index (χ4v) is 4.45. The first kappa shape index (κ1) is 12.3. The molecule has 2 aromatic rings. The predicted molar refractivity (Wildman–Crippen MR) is 76.6 cm³/mol. The summed E-state index contributed by atoms with van der Waals surface area (Å²) in [5.41, 5.74) is 8.88. The number of hydrogen-bond acceptors (Lipinski definition) is 3. The molecule has 0 saturated carbocycles. The molecule has 0 aromatic carbocycles. The van der Waals surface area contributed by atoms with Gasteiger partial charge in [0, 0.05) is 14.6 Å². The SMILES string of the molecule is Cc1cc(C)c(C(N)c2cc(C)c(Br)s2)s1. The van der Waals surface area contributed by atoms with E-state index >= 15 is 0 Å². The van der Waals surface area contributed by atoms with Crippen LogP contribution < -0.4 is 5.73 Å². The first-order valence-electron chi connectivity index (χ1n) is 5.07. The lowest BCUT2D eigenvalue weighted by Gasteiger charge is -2.08. The zero-order valence-electron chi connectivity index (χ0n) is 9.50. The van der Waals surface area contributed by atoms with Gasteiger partial charge in [0.1, 0.15) is 0 Å². The topological polar surface area (TPSA) is 26.0 Å². The summed E-state index contributed by atoms with van der Waals surface area (Å²) in [6.45, 7) is 6.36. The summed E-state index contributed by atoms with van der Waals surface area (Å²) in [6, 6.07) is 4.40. The van der Waals surface area contributed by atoms with Crippen LogP contribution in [0.3, 0.4) is 0 Å². The molecular weight excluding hydrogens is 302 g/mol. The normalized spacial score (nSPS) is 13.1. The van der Waals surface area contributed by atoms with Crippen LogP contribution in [0.15, 0.2) is 15.9 Å². The van der Waals surface area contributed by atoms with Crippen LogP contribution in [0.4, 0.5) is 0 Å². The Morgan fingerprint density at radius 2 is 1.81 bits per heavy atom. The molecule has 1 unspecified atom stereocenters. The van der Waals surface area contributed by atoms with Gasteiger partial charge in [-0.15, -0.1) is 22.7 Å². The first-order chi connectivity index (χ1) is 7.49. The lowest BCUT2D eigenvalue weighted by Crippen LogP contribution is -2.09. The highest BCUT2D eigenvalue weighted by molar-refractivity contribution is 9.11. The van der Waals surface area contributed by atoms with Gasteiger partial charge in [0.2, 0.25) is 0 Å². The highest BCUT2D eigenvalue weighted by atomic mass is 79.9. The van der Waals surface area contributed by atoms with E-state index in [9.17, 15) is 0 Å². The van der Waals surface area contributed by atoms with Crippen molar-refractivity contribution in [3.8, 4) is 0 Å². The van der Waals surface area contributed by atoms with Gasteiger partial charge in [0.25, 0.3) is 0 Å². The number of rotatable bonds is 2. The molecule has 86 valence electrons. The van der Waals surface area contributed by atoms with Gasteiger partial charge in [-0.2, -0.15) is 0 Å². The van der Waals surface area contributed by atoms with Crippen molar-refractivity contribution in [3.63, 3.8) is 0 Å². The average molecular weight is 316 g/mol. The lowest BCUT2D eigenvalue weighted by molar-refractivity contribution is 0.907. The summed E-state index contributed by atoms with van der Waals surface area (Å²) >= 11 is 7.08. The van der Waals surface area contributed by atoms with Gasteiger partial charge in [-0.05, 0) is 60.0 Å². The van der Waals surface area contributed by atoms with Crippen LogP contribution in [0.5, 0.6) is 0 Å². The smallest absolute Gasteiger partial charge is 0.0743 e. The maximum Gasteiger partial charge on any atom is 0.0743 e. The average Bonchev–Trinajstić information content (AvgIpc) is 2.70. The number of halogens is 1. The summed E-state index contributed by atoms with van der Waals surface area (Å²) in [4.78, 5) is 3.84. The minimum Gasteiger partial charge on any atom is -0.319 e. The minimum atomic E-state index is 0.0219. The molecule has 16 heavy (non-hydrogen) atoms. The van der Waals surface area contributed by atoms with Crippen LogP contribution >= 0.6 is 38.6 Å². The van der Waals surface area contributed by atoms with Crippen LogP contribution in [-0.2, 0) is 0 Å². The van der Waals surface area contributed by atoms with Crippen molar-refractivity contribution in [3.05, 3.63) is 41.7 Å². The molecule has 2 N–H and O–H groups in total. The highest BCUT2D eigenvalue weighted by Gasteiger charge is 2.17. The highest BCUT2D eigenvalue weighted by Crippen LogP contribution is 2.36. The third-order valence-electron chi connectivity index (χ3n) is 2.54. The van der Waals surface area contributed by atoms with Crippen LogP contribution in [0.2, 0.25) is 0 Å². The zero-order chi connectivity index (χ0) is 11.9. The van der Waals surface area contributed by atoms with E-state index in [4.69, 9.17) is 5.73 Å². The van der Waals surface area contributed by atoms with Gasteiger partial charge in [0.15, 0.2) is 0 Å². The van der Waals surface area contributed by atoms with Gasteiger partial charge in [0.05, 0.1) is 9.83 Å². The van der Waals surface area contributed by atoms with Crippen molar-refractivity contribution in [1.82, 2.24) is 0 Å². The molecule has 0 spiro atoms. The lowest BCUT2D eigenvalue weighted by atomic mass is 10.1. The Labute approximate surface area is 112 Å². The molecule has 0 amide bonds. The monoisotopic (exact) mass is 315 g/mol. The number of aryl methyl sites for hydroxylation is 3. The Kier molecular flexibility index (Phi) is 3.54. The molecule has 0 fully saturated rings. The number of thiophene rings is 2. The largest absolute Gasteiger partial charge is 0.319 e. The van der Waals surface area contributed by atoms with Crippen LogP contribution in [0, 0.1) is 20.8 Å². The number of nitrogens with two attached hydrogens (primary N) is 1. The predicted octanol–water partition coefficient (Wildman–Crippen LogP) is 4.55. The van der Waals surface area contributed by atoms with Crippen LogP contribution in [-0.4, -0.2) is 0 Å². The van der Waals surface area contributed by atoms with Crippen LogP contribution in [0.25, 0.3) is 0 Å². The molecular formula is C12H14BrNS2. The van der Waals surface area contributed by atoms with Gasteiger partial charge in [-0.25, -0.2) is 0 Å². The fraction of sp³-hybridized carbons (Fsp3) is 0.333. The first-order valence-corrected chi connectivity index (χ1v) is 7.50. The van der Waals surface area contributed by atoms with Crippen LogP contribution in [0.1, 0.15) is 31.8 Å². The molecule has 0 saturated heterocycles. The number of hydrogen-bond donors (Lipinski definition) is 1.